The zero-order valence-corrected chi connectivity index (χ0v) is 14.2. The van der Waals surface area contributed by atoms with E-state index in [0.717, 1.165) is 4.68 Å². The number of hydrogen-bond acceptors (Lipinski definition) is 4. The van der Waals surface area contributed by atoms with Gasteiger partial charge in [-0.05, 0) is 35.9 Å². The molecule has 0 unspecified atom stereocenters. The molecule has 0 amide bonds. The summed E-state index contributed by atoms with van der Waals surface area (Å²) in [5, 5.41) is 16.3. The largest absolute Gasteiger partial charge is 0.476 e. The number of pyridine rings is 1. The van der Waals surface area contributed by atoms with Crippen LogP contribution in [-0.2, 0) is 18.9 Å². The van der Waals surface area contributed by atoms with E-state index in [2.05, 4.69) is 15.3 Å². The van der Waals surface area contributed by atoms with Gasteiger partial charge in [0.05, 0.1) is 23.4 Å². The molecule has 3 aromatic rings. The van der Waals surface area contributed by atoms with Crippen molar-refractivity contribution < 1.29 is 36.2 Å². The van der Waals surface area contributed by atoms with Crippen molar-refractivity contribution in [1.29, 1.82) is 0 Å². The number of benzene rings is 1. The predicted molar refractivity (Wildman–Crippen MR) is 85.8 cm³/mol. The number of alkyl halides is 6. The van der Waals surface area contributed by atoms with Crippen LogP contribution in [0.2, 0.25) is 0 Å². The first-order valence-electron chi connectivity index (χ1n) is 7.83. The standard InChI is InChI=1S/C17H10F6N4O2/c18-16(19,20)10-5-9(6-11(7-10)17(21,22)23)8-27-14(12-3-1-2-4-24-12)13(15(28)29)25-26-27/h1-7H,8H2,(H,28,29). The van der Waals surface area contributed by atoms with Crippen molar-refractivity contribution in [1.82, 2.24) is 20.0 Å². The summed E-state index contributed by atoms with van der Waals surface area (Å²) in [5.74, 6) is -1.48. The lowest BCUT2D eigenvalue weighted by Gasteiger charge is -2.15. The minimum absolute atomic E-state index is 0.00712. The van der Waals surface area contributed by atoms with Gasteiger partial charge in [-0.2, -0.15) is 26.3 Å². The number of carbonyl (C=O) groups is 1. The Hall–Kier alpha value is -3.44. The van der Waals surface area contributed by atoms with E-state index in [9.17, 15) is 36.2 Å². The lowest BCUT2D eigenvalue weighted by atomic mass is 10.0. The SMILES string of the molecule is O=C(O)c1nnn(Cc2cc(C(F)(F)F)cc(C(F)(F)F)c2)c1-c1ccccn1. The maximum Gasteiger partial charge on any atom is 0.416 e. The number of hydrogen-bond donors (Lipinski definition) is 1. The van der Waals surface area contributed by atoms with Gasteiger partial charge in [0, 0.05) is 6.20 Å². The van der Waals surface area contributed by atoms with Crippen LogP contribution in [0.4, 0.5) is 26.3 Å². The Bertz CT molecular complexity index is 1010. The van der Waals surface area contributed by atoms with Crippen LogP contribution in [0.25, 0.3) is 11.4 Å². The predicted octanol–water partition coefficient (Wildman–Crippen LogP) is 4.12. The van der Waals surface area contributed by atoms with Crippen LogP contribution in [0.15, 0.2) is 42.6 Å². The van der Waals surface area contributed by atoms with Crippen molar-refractivity contribution in [2.45, 2.75) is 18.9 Å². The van der Waals surface area contributed by atoms with Gasteiger partial charge in [0.25, 0.3) is 0 Å². The van der Waals surface area contributed by atoms with Crippen LogP contribution in [0.5, 0.6) is 0 Å². The third-order valence-corrected chi connectivity index (χ3v) is 3.82. The van der Waals surface area contributed by atoms with Gasteiger partial charge in [0.1, 0.15) is 5.69 Å². The summed E-state index contributed by atoms with van der Waals surface area (Å²) in [6, 6.07) is 5.57. The molecule has 1 N–H and O–H groups in total. The molecule has 152 valence electrons. The molecular formula is C17H10F6N4O2. The highest BCUT2D eigenvalue weighted by molar-refractivity contribution is 5.92. The van der Waals surface area contributed by atoms with Crippen molar-refractivity contribution in [2.24, 2.45) is 0 Å². The number of aromatic nitrogens is 4. The Morgan fingerprint density at radius 1 is 1.00 bits per heavy atom. The first kappa shape index (κ1) is 20.3. The van der Waals surface area contributed by atoms with E-state index in [1.807, 2.05) is 0 Å². The normalized spacial score (nSPS) is 12.2. The molecular weight excluding hydrogens is 406 g/mol. The third kappa shape index (κ3) is 4.36. The molecule has 0 aliphatic heterocycles. The van der Waals surface area contributed by atoms with Gasteiger partial charge in [-0.3, -0.25) is 4.98 Å². The van der Waals surface area contributed by atoms with Crippen molar-refractivity contribution in [3.63, 3.8) is 0 Å². The molecule has 0 atom stereocenters. The fourth-order valence-corrected chi connectivity index (χ4v) is 2.61. The zero-order valence-electron chi connectivity index (χ0n) is 14.2. The molecule has 0 radical (unpaired) electrons. The molecule has 0 fully saturated rings. The van der Waals surface area contributed by atoms with E-state index in [4.69, 9.17) is 0 Å². The van der Waals surface area contributed by atoms with E-state index in [1.54, 1.807) is 6.07 Å². The van der Waals surface area contributed by atoms with E-state index < -0.39 is 41.7 Å². The first-order valence-corrected chi connectivity index (χ1v) is 7.83. The third-order valence-electron chi connectivity index (χ3n) is 3.82. The molecule has 29 heavy (non-hydrogen) atoms. The van der Waals surface area contributed by atoms with Gasteiger partial charge in [-0.15, -0.1) is 5.10 Å². The van der Waals surface area contributed by atoms with Crippen molar-refractivity contribution in [3.05, 3.63) is 65.0 Å². The molecule has 1 aromatic carbocycles. The first-order chi connectivity index (χ1) is 13.5. The van der Waals surface area contributed by atoms with Crippen molar-refractivity contribution >= 4 is 5.97 Å². The summed E-state index contributed by atoms with van der Waals surface area (Å²) in [6.45, 7) is -0.584. The molecule has 0 saturated carbocycles. The summed E-state index contributed by atoms with van der Waals surface area (Å²) in [7, 11) is 0. The number of nitrogens with zero attached hydrogens (tertiary/aromatic N) is 4. The van der Waals surface area contributed by atoms with Crippen LogP contribution < -0.4 is 0 Å². The lowest BCUT2D eigenvalue weighted by Crippen LogP contribution is -2.13. The Morgan fingerprint density at radius 2 is 1.62 bits per heavy atom. The minimum atomic E-state index is -5.01. The maximum absolute atomic E-state index is 13.0. The second-order valence-electron chi connectivity index (χ2n) is 5.88. The molecule has 0 bridgehead atoms. The van der Waals surface area contributed by atoms with Gasteiger partial charge in [0.15, 0.2) is 5.69 Å². The van der Waals surface area contributed by atoms with Crippen LogP contribution in [0.3, 0.4) is 0 Å². The van der Waals surface area contributed by atoms with E-state index in [0.29, 0.717) is 12.1 Å². The molecule has 0 aliphatic rings. The molecule has 6 nitrogen and oxygen atoms in total. The van der Waals surface area contributed by atoms with Crippen LogP contribution in [0, 0.1) is 0 Å². The lowest BCUT2D eigenvalue weighted by molar-refractivity contribution is -0.143. The smallest absolute Gasteiger partial charge is 0.416 e. The average Bonchev–Trinajstić information content (AvgIpc) is 3.04. The molecule has 0 saturated heterocycles. The van der Waals surface area contributed by atoms with Crippen LogP contribution in [-0.4, -0.2) is 31.1 Å². The van der Waals surface area contributed by atoms with Crippen molar-refractivity contribution in [3.8, 4) is 11.4 Å². The molecule has 2 heterocycles. The van der Waals surface area contributed by atoms with Crippen LogP contribution >= 0.6 is 0 Å². The second kappa shape index (κ2) is 7.18. The van der Waals surface area contributed by atoms with Crippen molar-refractivity contribution in [2.75, 3.05) is 0 Å². The van der Waals surface area contributed by atoms with E-state index >= 15 is 0 Å². The van der Waals surface area contributed by atoms with Crippen LogP contribution in [0.1, 0.15) is 27.2 Å². The highest BCUT2D eigenvalue weighted by Crippen LogP contribution is 2.36. The zero-order chi connectivity index (χ0) is 21.4. The maximum atomic E-state index is 13.0. The summed E-state index contributed by atoms with van der Waals surface area (Å²) in [4.78, 5) is 15.3. The number of aromatic carboxylic acids is 1. The molecule has 0 spiro atoms. The Balaban J connectivity index is 2.12. The Labute approximate surface area is 158 Å². The highest BCUT2D eigenvalue weighted by Gasteiger charge is 2.37. The topological polar surface area (TPSA) is 80.9 Å². The van der Waals surface area contributed by atoms with E-state index in [-0.39, 0.29) is 23.0 Å². The average molecular weight is 416 g/mol. The highest BCUT2D eigenvalue weighted by atomic mass is 19.4. The summed E-state index contributed by atoms with van der Waals surface area (Å²) < 4.78 is 79.1. The summed E-state index contributed by atoms with van der Waals surface area (Å²) >= 11 is 0. The van der Waals surface area contributed by atoms with Gasteiger partial charge in [0.2, 0.25) is 0 Å². The van der Waals surface area contributed by atoms with E-state index in [1.165, 1.54) is 18.3 Å². The van der Waals surface area contributed by atoms with Gasteiger partial charge < -0.3 is 5.11 Å². The van der Waals surface area contributed by atoms with Gasteiger partial charge in [-0.1, -0.05) is 11.3 Å². The molecule has 2 aromatic heterocycles. The summed E-state index contributed by atoms with van der Waals surface area (Å²) in [5.41, 5.74) is -3.94. The molecule has 12 heteroatoms. The molecule has 0 aliphatic carbocycles. The number of carboxylic acids is 1. The number of halogens is 6. The minimum Gasteiger partial charge on any atom is -0.476 e. The Kier molecular flexibility index (Phi) is 5.03. The Morgan fingerprint density at radius 3 is 2.10 bits per heavy atom. The quantitative estimate of drug-likeness (QED) is 0.647. The number of rotatable bonds is 4. The molecule has 3 rings (SSSR count). The monoisotopic (exact) mass is 416 g/mol. The second-order valence-corrected chi connectivity index (χ2v) is 5.88. The fraction of sp³-hybridized carbons (Fsp3) is 0.176. The van der Waals surface area contributed by atoms with Gasteiger partial charge in [-0.25, -0.2) is 9.48 Å². The number of carboxylic acid groups (broad SMARTS) is 1. The fourth-order valence-electron chi connectivity index (χ4n) is 2.61. The van der Waals surface area contributed by atoms with Gasteiger partial charge >= 0.3 is 18.3 Å². The summed E-state index contributed by atoms with van der Waals surface area (Å²) in [6.07, 6.45) is -8.67.